The summed E-state index contributed by atoms with van der Waals surface area (Å²) in [6.45, 7) is 3.74. The van der Waals surface area contributed by atoms with Gasteiger partial charge in [0.1, 0.15) is 5.52 Å². The van der Waals surface area contributed by atoms with Gasteiger partial charge < -0.3 is 0 Å². The molecule has 0 amide bonds. The van der Waals surface area contributed by atoms with E-state index in [9.17, 15) is 0 Å². The maximum atomic E-state index is 5.83. The van der Waals surface area contributed by atoms with Crippen molar-refractivity contribution in [1.29, 1.82) is 0 Å². The number of hydrogen-bond acceptors (Lipinski definition) is 3. The molecule has 0 radical (unpaired) electrons. The van der Waals surface area contributed by atoms with Crippen molar-refractivity contribution >= 4 is 22.8 Å². The zero-order valence-electron chi connectivity index (χ0n) is 7.37. The van der Waals surface area contributed by atoms with Crippen molar-refractivity contribution in [2.24, 2.45) is 0 Å². The lowest BCUT2D eigenvalue weighted by Gasteiger charge is -2.00. The Kier molecular flexibility index (Phi) is 1.88. The quantitative estimate of drug-likeness (QED) is 0.645. The highest BCUT2D eigenvalue weighted by molar-refractivity contribution is 6.30. The maximum Gasteiger partial charge on any atom is 0.179 e. The summed E-state index contributed by atoms with van der Waals surface area (Å²) in [6, 6.07) is 3.80. The molecule has 66 valence electrons. The molecular weight excluding hydrogens is 186 g/mol. The van der Waals surface area contributed by atoms with Crippen LogP contribution in [0.4, 0.5) is 0 Å². The van der Waals surface area contributed by atoms with E-state index in [2.05, 4.69) is 15.0 Å². The third-order valence-electron chi connectivity index (χ3n) is 1.78. The topological polar surface area (TPSA) is 38.7 Å². The van der Waals surface area contributed by atoms with Gasteiger partial charge in [0.15, 0.2) is 10.8 Å². The molecule has 2 aromatic rings. The molecule has 0 atom stereocenters. The summed E-state index contributed by atoms with van der Waals surface area (Å²) in [6.07, 6.45) is 0. The Labute approximate surface area is 80.8 Å². The van der Waals surface area contributed by atoms with Crippen molar-refractivity contribution < 1.29 is 0 Å². The van der Waals surface area contributed by atoms with E-state index in [-0.39, 0.29) is 0 Å². The fraction of sp³-hybridized carbons (Fsp3) is 0.222. The Hall–Kier alpha value is -1.22. The van der Waals surface area contributed by atoms with Crippen LogP contribution < -0.4 is 0 Å². The lowest BCUT2D eigenvalue weighted by molar-refractivity contribution is 1.13. The maximum absolute atomic E-state index is 5.83. The summed E-state index contributed by atoms with van der Waals surface area (Å²) >= 11 is 5.83. The van der Waals surface area contributed by atoms with Crippen molar-refractivity contribution in [3.63, 3.8) is 0 Å². The van der Waals surface area contributed by atoms with Crippen LogP contribution in [-0.2, 0) is 0 Å². The molecule has 2 aromatic heterocycles. The number of pyridine rings is 1. The molecule has 0 unspecified atom stereocenters. The van der Waals surface area contributed by atoms with Gasteiger partial charge in [-0.1, -0.05) is 11.6 Å². The third-order valence-corrected chi connectivity index (χ3v) is 2.14. The first-order valence-corrected chi connectivity index (χ1v) is 4.32. The number of aromatic nitrogens is 3. The Morgan fingerprint density at radius 1 is 1.08 bits per heavy atom. The zero-order chi connectivity index (χ0) is 9.42. The van der Waals surface area contributed by atoms with E-state index in [1.54, 1.807) is 0 Å². The molecular formula is C9H8ClN3. The summed E-state index contributed by atoms with van der Waals surface area (Å²) in [5.41, 5.74) is 3.05. The number of aryl methyl sites for hydroxylation is 2. The standard InChI is InChI=1S/C9H8ClN3/c1-5-3-4-7-9(11-5)13-8(10)6(2)12-7/h3-4H,1-2H3. The van der Waals surface area contributed by atoms with Crippen molar-refractivity contribution in [2.75, 3.05) is 0 Å². The minimum absolute atomic E-state index is 0.422. The molecule has 13 heavy (non-hydrogen) atoms. The first-order chi connectivity index (χ1) is 6.16. The van der Waals surface area contributed by atoms with Gasteiger partial charge in [0.25, 0.3) is 0 Å². The normalized spacial score (nSPS) is 10.7. The summed E-state index contributed by atoms with van der Waals surface area (Å²) in [4.78, 5) is 12.6. The molecule has 0 spiro atoms. The highest BCUT2D eigenvalue weighted by Crippen LogP contribution is 2.14. The van der Waals surface area contributed by atoms with Crippen molar-refractivity contribution in [1.82, 2.24) is 15.0 Å². The second-order valence-electron chi connectivity index (χ2n) is 2.90. The van der Waals surface area contributed by atoms with E-state index >= 15 is 0 Å². The summed E-state index contributed by atoms with van der Waals surface area (Å²) in [5, 5.41) is 0.422. The van der Waals surface area contributed by atoms with E-state index < -0.39 is 0 Å². The van der Waals surface area contributed by atoms with Gasteiger partial charge in [-0.25, -0.2) is 15.0 Å². The Bertz CT molecular complexity index is 468. The molecule has 2 rings (SSSR count). The van der Waals surface area contributed by atoms with Gasteiger partial charge in [-0.3, -0.25) is 0 Å². The van der Waals surface area contributed by atoms with Gasteiger partial charge in [-0.05, 0) is 26.0 Å². The smallest absolute Gasteiger partial charge is 0.179 e. The first kappa shape index (κ1) is 8.38. The Morgan fingerprint density at radius 3 is 2.62 bits per heavy atom. The number of nitrogens with zero attached hydrogens (tertiary/aromatic N) is 3. The van der Waals surface area contributed by atoms with Gasteiger partial charge in [-0.2, -0.15) is 0 Å². The van der Waals surface area contributed by atoms with Gasteiger partial charge in [0.2, 0.25) is 0 Å². The molecule has 0 aromatic carbocycles. The van der Waals surface area contributed by atoms with Gasteiger partial charge >= 0.3 is 0 Å². The fourth-order valence-corrected chi connectivity index (χ4v) is 1.23. The van der Waals surface area contributed by atoms with Crippen LogP contribution in [0.2, 0.25) is 5.15 Å². The van der Waals surface area contributed by atoms with Crippen LogP contribution in [-0.4, -0.2) is 15.0 Å². The van der Waals surface area contributed by atoms with E-state index in [4.69, 9.17) is 11.6 Å². The summed E-state index contributed by atoms with van der Waals surface area (Å²) in [5.74, 6) is 0. The van der Waals surface area contributed by atoms with Crippen LogP contribution in [0.1, 0.15) is 11.4 Å². The predicted molar refractivity (Wildman–Crippen MR) is 51.8 cm³/mol. The Balaban J connectivity index is 2.81. The lowest BCUT2D eigenvalue weighted by atomic mass is 10.3. The van der Waals surface area contributed by atoms with E-state index in [0.717, 1.165) is 16.9 Å². The predicted octanol–water partition coefficient (Wildman–Crippen LogP) is 2.30. The second-order valence-corrected chi connectivity index (χ2v) is 3.25. The number of rotatable bonds is 0. The average Bonchev–Trinajstić information content (AvgIpc) is 2.08. The largest absolute Gasteiger partial charge is 0.247 e. The highest BCUT2D eigenvalue weighted by atomic mass is 35.5. The lowest BCUT2D eigenvalue weighted by Crippen LogP contribution is -1.93. The molecule has 2 heterocycles. The van der Waals surface area contributed by atoms with Crippen LogP contribution >= 0.6 is 11.6 Å². The minimum atomic E-state index is 0.422. The van der Waals surface area contributed by atoms with Gasteiger partial charge in [-0.15, -0.1) is 0 Å². The first-order valence-electron chi connectivity index (χ1n) is 3.94. The number of fused-ring (bicyclic) bond motifs is 1. The van der Waals surface area contributed by atoms with Crippen LogP contribution in [0.25, 0.3) is 11.2 Å². The molecule has 4 heteroatoms. The molecule has 0 aliphatic rings. The van der Waals surface area contributed by atoms with Crippen molar-refractivity contribution in [2.45, 2.75) is 13.8 Å². The molecule has 0 fully saturated rings. The molecule has 3 nitrogen and oxygen atoms in total. The fourth-order valence-electron chi connectivity index (χ4n) is 1.11. The van der Waals surface area contributed by atoms with Crippen molar-refractivity contribution in [3.05, 3.63) is 28.7 Å². The van der Waals surface area contributed by atoms with E-state index in [1.165, 1.54) is 0 Å². The van der Waals surface area contributed by atoms with Crippen LogP contribution in [0.5, 0.6) is 0 Å². The molecule has 0 aliphatic heterocycles. The van der Waals surface area contributed by atoms with Crippen molar-refractivity contribution in [3.8, 4) is 0 Å². The third kappa shape index (κ3) is 1.47. The van der Waals surface area contributed by atoms with Crippen LogP contribution in [0, 0.1) is 13.8 Å². The minimum Gasteiger partial charge on any atom is -0.247 e. The van der Waals surface area contributed by atoms with Gasteiger partial charge in [0.05, 0.1) is 5.69 Å². The number of hydrogen-bond donors (Lipinski definition) is 0. The molecule has 0 bridgehead atoms. The summed E-state index contributed by atoms with van der Waals surface area (Å²) < 4.78 is 0. The highest BCUT2D eigenvalue weighted by Gasteiger charge is 2.02. The molecule has 0 saturated heterocycles. The zero-order valence-corrected chi connectivity index (χ0v) is 8.13. The van der Waals surface area contributed by atoms with Gasteiger partial charge in [0, 0.05) is 5.69 Å². The van der Waals surface area contributed by atoms with E-state index in [1.807, 2.05) is 26.0 Å². The number of halogens is 1. The monoisotopic (exact) mass is 193 g/mol. The molecule has 0 saturated carbocycles. The second kappa shape index (κ2) is 2.92. The van der Waals surface area contributed by atoms with Crippen LogP contribution in [0.3, 0.4) is 0 Å². The molecule has 0 N–H and O–H groups in total. The van der Waals surface area contributed by atoms with E-state index in [0.29, 0.717) is 10.8 Å². The summed E-state index contributed by atoms with van der Waals surface area (Å²) in [7, 11) is 0. The Morgan fingerprint density at radius 2 is 1.85 bits per heavy atom. The average molecular weight is 194 g/mol. The SMILES string of the molecule is Cc1ccc2nc(C)c(Cl)nc2n1. The molecule has 0 aliphatic carbocycles. The van der Waals surface area contributed by atoms with Crippen LogP contribution in [0.15, 0.2) is 12.1 Å².